The third-order valence-corrected chi connectivity index (χ3v) is 4.45. The van der Waals surface area contributed by atoms with Crippen LogP contribution in [0.4, 0.5) is 0 Å². The van der Waals surface area contributed by atoms with Gasteiger partial charge in [-0.05, 0) is 70.5 Å². The number of hydrogen-bond acceptors (Lipinski definition) is 4. The van der Waals surface area contributed by atoms with Crippen molar-refractivity contribution in [2.24, 2.45) is 0 Å². The summed E-state index contributed by atoms with van der Waals surface area (Å²) in [6.45, 7) is 9.21. The Kier molecular flexibility index (Phi) is 6.06. The zero-order valence-corrected chi connectivity index (χ0v) is 18.6. The monoisotopic (exact) mass is 431 g/mol. The standard InChI is InChI=1S/C23H23Cl2NO3/c1-13(2)28-21-20(22(27)29-23(3,4)5)19(14-7-6-8-15(24)11-14)17-12-16(25)9-10-18(17)26-21/h6-13H,1-5H3. The Balaban J connectivity index is 2.42. The lowest BCUT2D eigenvalue weighted by atomic mass is 9.95. The number of pyridine rings is 1. The Hall–Kier alpha value is -2.30. The summed E-state index contributed by atoms with van der Waals surface area (Å²) >= 11 is 12.5. The van der Waals surface area contributed by atoms with E-state index >= 15 is 0 Å². The summed E-state index contributed by atoms with van der Waals surface area (Å²) in [4.78, 5) is 17.9. The molecule has 3 aromatic rings. The van der Waals surface area contributed by atoms with Crippen LogP contribution in [-0.4, -0.2) is 22.7 Å². The summed E-state index contributed by atoms with van der Waals surface area (Å²) in [5.74, 6) is -0.295. The molecular weight excluding hydrogens is 409 g/mol. The lowest BCUT2D eigenvalue weighted by Gasteiger charge is -2.23. The summed E-state index contributed by atoms with van der Waals surface area (Å²) in [7, 11) is 0. The molecule has 0 spiro atoms. The first-order chi connectivity index (χ1) is 13.5. The number of halogens is 2. The maximum atomic E-state index is 13.3. The van der Waals surface area contributed by atoms with E-state index in [0.717, 1.165) is 10.9 Å². The number of benzene rings is 2. The SMILES string of the molecule is CC(C)Oc1nc2ccc(Cl)cc2c(-c2cccc(Cl)c2)c1C(=O)OC(C)(C)C. The summed E-state index contributed by atoms with van der Waals surface area (Å²) in [5.41, 5.74) is 1.62. The quantitative estimate of drug-likeness (QED) is 0.419. The van der Waals surface area contributed by atoms with E-state index in [1.54, 1.807) is 30.3 Å². The summed E-state index contributed by atoms with van der Waals surface area (Å²) in [6.07, 6.45) is -0.180. The Morgan fingerprint density at radius 1 is 1.03 bits per heavy atom. The molecule has 6 heteroatoms. The predicted octanol–water partition coefficient (Wildman–Crippen LogP) is 6.95. The average molecular weight is 432 g/mol. The highest BCUT2D eigenvalue weighted by Gasteiger charge is 2.28. The van der Waals surface area contributed by atoms with Gasteiger partial charge in [0.05, 0.1) is 11.6 Å². The van der Waals surface area contributed by atoms with Crippen LogP contribution in [-0.2, 0) is 4.74 Å². The van der Waals surface area contributed by atoms with Crippen LogP contribution < -0.4 is 4.74 Å². The second-order valence-electron chi connectivity index (χ2n) is 8.01. The molecule has 0 aliphatic carbocycles. The number of fused-ring (bicyclic) bond motifs is 1. The number of rotatable bonds is 4. The van der Waals surface area contributed by atoms with Gasteiger partial charge in [0.2, 0.25) is 5.88 Å². The molecule has 0 atom stereocenters. The highest BCUT2D eigenvalue weighted by atomic mass is 35.5. The first-order valence-electron chi connectivity index (χ1n) is 9.34. The van der Waals surface area contributed by atoms with Crippen LogP contribution in [0.2, 0.25) is 10.0 Å². The molecule has 0 fully saturated rings. The van der Waals surface area contributed by atoms with Crippen LogP contribution in [0.5, 0.6) is 5.88 Å². The molecule has 0 saturated heterocycles. The third kappa shape index (κ3) is 5.01. The van der Waals surface area contributed by atoms with Crippen LogP contribution in [0.15, 0.2) is 42.5 Å². The highest BCUT2D eigenvalue weighted by Crippen LogP contribution is 2.39. The van der Waals surface area contributed by atoms with Crippen molar-refractivity contribution in [2.45, 2.75) is 46.3 Å². The Bertz CT molecular complexity index is 1070. The number of carbonyl (C=O) groups excluding carboxylic acids is 1. The molecule has 2 aromatic carbocycles. The minimum Gasteiger partial charge on any atom is -0.474 e. The van der Waals surface area contributed by atoms with Crippen molar-refractivity contribution in [1.29, 1.82) is 0 Å². The van der Waals surface area contributed by atoms with Crippen molar-refractivity contribution >= 4 is 40.1 Å². The maximum Gasteiger partial charge on any atom is 0.344 e. The van der Waals surface area contributed by atoms with Gasteiger partial charge in [-0.25, -0.2) is 9.78 Å². The normalized spacial score (nSPS) is 11.7. The zero-order chi connectivity index (χ0) is 21.3. The molecule has 0 radical (unpaired) electrons. The van der Waals surface area contributed by atoms with Crippen molar-refractivity contribution in [3.8, 4) is 17.0 Å². The first kappa shape index (κ1) is 21.4. The molecule has 0 amide bonds. The Labute approximate surface area is 180 Å². The van der Waals surface area contributed by atoms with E-state index in [1.807, 2.05) is 46.8 Å². The van der Waals surface area contributed by atoms with Gasteiger partial charge >= 0.3 is 5.97 Å². The van der Waals surface area contributed by atoms with Gasteiger partial charge in [0, 0.05) is 21.0 Å². The first-order valence-corrected chi connectivity index (χ1v) is 10.1. The molecule has 0 saturated carbocycles. The van der Waals surface area contributed by atoms with E-state index in [9.17, 15) is 4.79 Å². The average Bonchev–Trinajstić information content (AvgIpc) is 2.58. The zero-order valence-electron chi connectivity index (χ0n) is 17.0. The fourth-order valence-electron chi connectivity index (χ4n) is 2.98. The van der Waals surface area contributed by atoms with Gasteiger partial charge in [-0.3, -0.25) is 0 Å². The fourth-order valence-corrected chi connectivity index (χ4v) is 3.35. The van der Waals surface area contributed by atoms with E-state index in [1.165, 1.54) is 0 Å². The second kappa shape index (κ2) is 8.21. The van der Waals surface area contributed by atoms with Crippen molar-refractivity contribution in [2.75, 3.05) is 0 Å². The smallest absolute Gasteiger partial charge is 0.344 e. The van der Waals surface area contributed by atoms with E-state index < -0.39 is 11.6 Å². The van der Waals surface area contributed by atoms with Crippen LogP contribution in [0.25, 0.3) is 22.0 Å². The molecule has 0 aliphatic rings. The van der Waals surface area contributed by atoms with E-state index in [2.05, 4.69) is 4.98 Å². The van der Waals surface area contributed by atoms with Gasteiger partial charge < -0.3 is 9.47 Å². The minimum absolute atomic E-state index is 0.180. The number of esters is 1. The molecule has 1 aromatic heterocycles. The van der Waals surface area contributed by atoms with Crippen molar-refractivity contribution in [3.05, 3.63) is 58.1 Å². The summed E-state index contributed by atoms with van der Waals surface area (Å²) in [5, 5.41) is 1.81. The van der Waals surface area contributed by atoms with Gasteiger partial charge in [-0.1, -0.05) is 35.3 Å². The highest BCUT2D eigenvalue weighted by molar-refractivity contribution is 6.32. The molecule has 152 valence electrons. The predicted molar refractivity (Wildman–Crippen MR) is 118 cm³/mol. The number of carbonyl (C=O) groups is 1. The molecule has 0 aliphatic heterocycles. The van der Waals surface area contributed by atoms with Crippen molar-refractivity contribution < 1.29 is 14.3 Å². The largest absolute Gasteiger partial charge is 0.474 e. The Morgan fingerprint density at radius 3 is 2.34 bits per heavy atom. The maximum absolute atomic E-state index is 13.3. The van der Waals surface area contributed by atoms with E-state index in [0.29, 0.717) is 21.1 Å². The van der Waals surface area contributed by atoms with Gasteiger partial charge in [-0.15, -0.1) is 0 Å². The third-order valence-electron chi connectivity index (χ3n) is 3.98. The number of nitrogens with zero attached hydrogens (tertiary/aromatic N) is 1. The number of aromatic nitrogens is 1. The van der Waals surface area contributed by atoms with Crippen LogP contribution in [0.1, 0.15) is 45.0 Å². The van der Waals surface area contributed by atoms with Crippen molar-refractivity contribution in [1.82, 2.24) is 4.98 Å². The molecular formula is C23H23Cl2NO3. The molecule has 0 N–H and O–H groups in total. The molecule has 1 heterocycles. The molecule has 3 rings (SSSR count). The van der Waals surface area contributed by atoms with Crippen LogP contribution in [0.3, 0.4) is 0 Å². The van der Waals surface area contributed by atoms with Gasteiger partial charge in [-0.2, -0.15) is 0 Å². The topological polar surface area (TPSA) is 48.4 Å². The molecule has 4 nitrogen and oxygen atoms in total. The lowest BCUT2D eigenvalue weighted by molar-refractivity contribution is 0.00651. The van der Waals surface area contributed by atoms with Crippen molar-refractivity contribution in [3.63, 3.8) is 0 Å². The molecule has 0 bridgehead atoms. The molecule has 29 heavy (non-hydrogen) atoms. The summed E-state index contributed by atoms with van der Waals surface area (Å²) < 4.78 is 11.6. The fraction of sp³-hybridized carbons (Fsp3) is 0.304. The van der Waals surface area contributed by atoms with Gasteiger partial charge in [0.1, 0.15) is 11.2 Å². The second-order valence-corrected chi connectivity index (χ2v) is 8.88. The van der Waals surface area contributed by atoms with E-state index in [-0.39, 0.29) is 17.5 Å². The van der Waals surface area contributed by atoms with Gasteiger partial charge in [0.15, 0.2) is 0 Å². The lowest BCUT2D eigenvalue weighted by Crippen LogP contribution is -2.25. The molecule has 0 unspecified atom stereocenters. The van der Waals surface area contributed by atoms with Gasteiger partial charge in [0.25, 0.3) is 0 Å². The minimum atomic E-state index is -0.679. The van der Waals surface area contributed by atoms with E-state index in [4.69, 9.17) is 32.7 Å². The van der Waals surface area contributed by atoms with Crippen LogP contribution in [0, 0.1) is 0 Å². The Morgan fingerprint density at radius 2 is 1.72 bits per heavy atom. The number of hydrogen-bond donors (Lipinski definition) is 0. The summed E-state index contributed by atoms with van der Waals surface area (Å²) in [6, 6.07) is 12.6. The van der Waals surface area contributed by atoms with Crippen LogP contribution >= 0.6 is 23.2 Å². The number of ether oxygens (including phenoxy) is 2.